The van der Waals surface area contributed by atoms with Gasteiger partial charge in [0.1, 0.15) is 5.82 Å². The van der Waals surface area contributed by atoms with Crippen molar-refractivity contribution >= 4 is 29.0 Å². The highest BCUT2D eigenvalue weighted by atomic mass is 35.5. The van der Waals surface area contributed by atoms with Crippen LogP contribution in [0.25, 0.3) is 0 Å². The highest BCUT2D eigenvalue weighted by Crippen LogP contribution is 2.48. The first-order chi connectivity index (χ1) is 9.17. The fourth-order valence-corrected chi connectivity index (χ4v) is 4.34. The third-order valence-corrected chi connectivity index (χ3v) is 5.37. The minimum absolute atomic E-state index is 0.461. The predicted molar refractivity (Wildman–Crippen MR) is 81.0 cm³/mol. The highest BCUT2D eigenvalue weighted by molar-refractivity contribution is 6.33. The van der Waals surface area contributed by atoms with E-state index in [1.807, 2.05) is 12.3 Å². The predicted octanol–water partition coefficient (Wildman–Crippen LogP) is 4.35. The molecule has 4 heteroatoms. The van der Waals surface area contributed by atoms with E-state index < -0.39 is 0 Å². The van der Waals surface area contributed by atoms with E-state index in [0.717, 1.165) is 35.7 Å². The standard InChI is InChI=1S/C15H20Cl2N2/c1-19(9-13-5-10-2-3-12(13)4-10)15-14(17)6-11(7-16)8-18-15/h6,8,10,12-13H,2-5,7,9H2,1H3. The summed E-state index contributed by atoms with van der Waals surface area (Å²) < 4.78 is 0. The van der Waals surface area contributed by atoms with Crippen LogP contribution in [0.2, 0.25) is 5.02 Å². The first-order valence-electron chi connectivity index (χ1n) is 7.09. The van der Waals surface area contributed by atoms with Crippen LogP contribution in [-0.2, 0) is 5.88 Å². The zero-order chi connectivity index (χ0) is 13.4. The van der Waals surface area contributed by atoms with E-state index in [1.165, 1.54) is 25.7 Å². The molecular weight excluding hydrogens is 279 g/mol. The van der Waals surface area contributed by atoms with E-state index in [0.29, 0.717) is 10.9 Å². The maximum atomic E-state index is 6.30. The van der Waals surface area contributed by atoms with Gasteiger partial charge in [-0.15, -0.1) is 11.6 Å². The normalized spacial score (nSPS) is 28.9. The summed E-state index contributed by atoms with van der Waals surface area (Å²) in [7, 11) is 2.10. The van der Waals surface area contributed by atoms with Crippen LogP contribution in [0.1, 0.15) is 31.2 Å². The van der Waals surface area contributed by atoms with Crippen molar-refractivity contribution in [2.75, 3.05) is 18.5 Å². The van der Waals surface area contributed by atoms with E-state index in [4.69, 9.17) is 23.2 Å². The average Bonchev–Trinajstić information content (AvgIpc) is 3.00. The van der Waals surface area contributed by atoms with Gasteiger partial charge < -0.3 is 4.90 Å². The van der Waals surface area contributed by atoms with Gasteiger partial charge >= 0.3 is 0 Å². The fourth-order valence-electron chi connectivity index (χ4n) is 3.86. The second-order valence-corrected chi connectivity index (χ2v) is 6.77. The Morgan fingerprint density at radius 1 is 1.37 bits per heavy atom. The molecule has 0 amide bonds. The van der Waals surface area contributed by atoms with Crippen LogP contribution in [0.4, 0.5) is 5.82 Å². The lowest BCUT2D eigenvalue weighted by Crippen LogP contribution is -2.29. The summed E-state index contributed by atoms with van der Waals surface area (Å²) in [5, 5.41) is 0.712. The number of rotatable bonds is 4. The second kappa shape index (κ2) is 5.49. The molecule has 2 saturated carbocycles. The summed E-state index contributed by atoms with van der Waals surface area (Å²) in [4.78, 5) is 6.68. The van der Waals surface area contributed by atoms with Crippen molar-refractivity contribution in [2.24, 2.45) is 17.8 Å². The van der Waals surface area contributed by atoms with Gasteiger partial charge in [0.25, 0.3) is 0 Å². The van der Waals surface area contributed by atoms with Crippen molar-refractivity contribution in [2.45, 2.75) is 31.6 Å². The van der Waals surface area contributed by atoms with Crippen LogP contribution >= 0.6 is 23.2 Å². The number of halogens is 2. The molecule has 3 atom stereocenters. The summed E-state index contributed by atoms with van der Waals surface area (Å²) in [5.41, 5.74) is 0.976. The number of nitrogens with zero attached hydrogens (tertiary/aromatic N) is 2. The summed E-state index contributed by atoms with van der Waals surface area (Å²) in [6.45, 7) is 1.08. The topological polar surface area (TPSA) is 16.1 Å². The maximum Gasteiger partial charge on any atom is 0.147 e. The molecule has 3 unspecified atom stereocenters. The van der Waals surface area contributed by atoms with E-state index in [9.17, 15) is 0 Å². The van der Waals surface area contributed by atoms with Gasteiger partial charge in [0.2, 0.25) is 0 Å². The van der Waals surface area contributed by atoms with Gasteiger partial charge in [-0.3, -0.25) is 0 Å². The first kappa shape index (κ1) is 13.5. The number of pyridine rings is 1. The fraction of sp³-hybridized carbons (Fsp3) is 0.667. The van der Waals surface area contributed by atoms with Gasteiger partial charge in [-0.05, 0) is 48.6 Å². The monoisotopic (exact) mass is 298 g/mol. The summed E-state index contributed by atoms with van der Waals surface area (Å²) >= 11 is 12.1. The molecule has 104 valence electrons. The molecule has 0 aliphatic heterocycles. The largest absolute Gasteiger partial charge is 0.358 e. The number of alkyl halides is 1. The molecule has 0 saturated heterocycles. The Morgan fingerprint density at radius 3 is 2.79 bits per heavy atom. The van der Waals surface area contributed by atoms with Gasteiger partial charge in [0.15, 0.2) is 0 Å². The van der Waals surface area contributed by atoms with Crippen molar-refractivity contribution in [3.05, 3.63) is 22.8 Å². The number of anilines is 1. The molecule has 0 aromatic carbocycles. The van der Waals surface area contributed by atoms with Crippen molar-refractivity contribution < 1.29 is 0 Å². The molecule has 0 radical (unpaired) electrons. The molecule has 2 aliphatic rings. The van der Waals surface area contributed by atoms with Crippen molar-refractivity contribution in [1.82, 2.24) is 4.98 Å². The lowest BCUT2D eigenvalue weighted by Gasteiger charge is -2.28. The van der Waals surface area contributed by atoms with Crippen LogP contribution < -0.4 is 4.90 Å². The molecule has 19 heavy (non-hydrogen) atoms. The molecule has 2 bridgehead atoms. The van der Waals surface area contributed by atoms with Crippen LogP contribution in [-0.4, -0.2) is 18.6 Å². The molecule has 0 spiro atoms. The molecule has 1 heterocycles. The van der Waals surface area contributed by atoms with E-state index >= 15 is 0 Å². The average molecular weight is 299 g/mol. The maximum absolute atomic E-state index is 6.30. The lowest BCUT2D eigenvalue weighted by atomic mass is 9.88. The van der Waals surface area contributed by atoms with Crippen LogP contribution in [0.5, 0.6) is 0 Å². The Bertz CT molecular complexity index is 463. The molecule has 1 aromatic rings. The van der Waals surface area contributed by atoms with E-state index in [2.05, 4.69) is 16.9 Å². The smallest absolute Gasteiger partial charge is 0.147 e. The molecule has 0 N–H and O–H groups in total. The number of hydrogen-bond donors (Lipinski definition) is 0. The van der Waals surface area contributed by atoms with E-state index in [-0.39, 0.29) is 0 Å². The highest BCUT2D eigenvalue weighted by Gasteiger charge is 2.39. The molecule has 3 rings (SSSR count). The lowest BCUT2D eigenvalue weighted by molar-refractivity contribution is 0.337. The van der Waals surface area contributed by atoms with Gasteiger partial charge in [-0.25, -0.2) is 4.98 Å². The van der Waals surface area contributed by atoms with Gasteiger partial charge in [0.05, 0.1) is 5.02 Å². The summed E-state index contributed by atoms with van der Waals surface area (Å²) in [5.74, 6) is 4.11. The Morgan fingerprint density at radius 2 is 2.21 bits per heavy atom. The van der Waals surface area contributed by atoms with Crippen LogP contribution in [0.15, 0.2) is 12.3 Å². The molecule has 1 aromatic heterocycles. The minimum atomic E-state index is 0.461. The zero-order valence-electron chi connectivity index (χ0n) is 11.3. The summed E-state index contributed by atoms with van der Waals surface area (Å²) in [6.07, 6.45) is 7.55. The first-order valence-corrected chi connectivity index (χ1v) is 8.00. The Hall–Kier alpha value is -0.470. The Labute approximate surface area is 125 Å². The molecule has 2 fully saturated rings. The summed E-state index contributed by atoms with van der Waals surface area (Å²) in [6, 6.07) is 1.92. The second-order valence-electron chi connectivity index (χ2n) is 6.10. The SMILES string of the molecule is CN(CC1CC2CCC1C2)c1ncc(CCl)cc1Cl. The molecule has 2 aliphatic carbocycles. The number of aromatic nitrogens is 1. The minimum Gasteiger partial charge on any atom is -0.358 e. The quantitative estimate of drug-likeness (QED) is 0.769. The Kier molecular flexibility index (Phi) is 3.91. The van der Waals surface area contributed by atoms with Crippen molar-refractivity contribution in [1.29, 1.82) is 0 Å². The van der Waals surface area contributed by atoms with Crippen molar-refractivity contribution in [3.63, 3.8) is 0 Å². The van der Waals surface area contributed by atoms with Crippen LogP contribution in [0.3, 0.4) is 0 Å². The van der Waals surface area contributed by atoms with Crippen molar-refractivity contribution in [3.8, 4) is 0 Å². The third-order valence-electron chi connectivity index (χ3n) is 4.79. The third kappa shape index (κ3) is 2.71. The van der Waals surface area contributed by atoms with Gasteiger partial charge in [-0.1, -0.05) is 18.0 Å². The molecular formula is C15H20Cl2N2. The molecule has 2 nitrogen and oxygen atoms in total. The Balaban J connectivity index is 1.68. The number of hydrogen-bond acceptors (Lipinski definition) is 2. The van der Waals surface area contributed by atoms with E-state index in [1.54, 1.807) is 0 Å². The zero-order valence-corrected chi connectivity index (χ0v) is 12.8. The van der Waals surface area contributed by atoms with Gasteiger partial charge in [0, 0.05) is 25.7 Å². The number of fused-ring (bicyclic) bond motifs is 2. The van der Waals surface area contributed by atoms with Gasteiger partial charge in [-0.2, -0.15) is 0 Å². The van der Waals surface area contributed by atoms with Crippen LogP contribution in [0, 0.1) is 17.8 Å².